The van der Waals surface area contributed by atoms with Crippen LogP contribution in [0.1, 0.15) is 26.7 Å². The summed E-state index contributed by atoms with van der Waals surface area (Å²) in [5, 5.41) is 10.7. The zero-order valence-corrected chi connectivity index (χ0v) is 11.9. The van der Waals surface area contributed by atoms with Crippen LogP contribution >= 0.6 is 23.4 Å². The van der Waals surface area contributed by atoms with Gasteiger partial charge in [0.25, 0.3) is 0 Å². The van der Waals surface area contributed by atoms with Gasteiger partial charge in [0.2, 0.25) is 0 Å². The number of hydrogen-bond acceptors (Lipinski definition) is 3. The van der Waals surface area contributed by atoms with Crippen molar-refractivity contribution in [2.45, 2.75) is 31.6 Å². The van der Waals surface area contributed by atoms with E-state index in [-0.39, 0.29) is 17.0 Å². The van der Waals surface area contributed by atoms with Crippen molar-refractivity contribution in [2.24, 2.45) is 5.41 Å². The minimum Gasteiger partial charge on any atom is -0.511 e. The number of aliphatic hydroxyl groups is 1. The highest BCUT2D eigenvalue weighted by molar-refractivity contribution is 8.04. The first-order valence-corrected chi connectivity index (χ1v) is 6.96. The fraction of sp³-hybridized carbons (Fsp3) is 0.357. The maximum atomic E-state index is 12.0. The molecule has 0 radical (unpaired) electrons. The molecule has 0 fully saturated rings. The summed E-state index contributed by atoms with van der Waals surface area (Å²) in [6, 6.07) is 7.25. The molecule has 2 rings (SSSR count). The minimum atomic E-state index is -0.148. The van der Waals surface area contributed by atoms with E-state index in [1.807, 2.05) is 26.0 Å². The molecule has 0 aromatic heterocycles. The van der Waals surface area contributed by atoms with Gasteiger partial charge in [-0.2, -0.15) is 0 Å². The summed E-state index contributed by atoms with van der Waals surface area (Å²) in [6.07, 6.45) is 1.03. The van der Waals surface area contributed by atoms with Gasteiger partial charge in [0.05, 0.1) is 4.91 Å². The van der Waals surface area contributed by atoms with Crippen molar-refractivity contribution < 1.29 is 9.90 Å². The third-order valence-electron chi connectivity index (χ3n) is 2.83. The van der Waals surface area contributed by atoms with Gasteiger partial charge in [0.1, 0.15) is 5.76 Å². The Kier molecular flexibility index (Phi) is 3.74. The van der Waals surface area contributed by atoms with Gasteiger partial charge in [-0.15, -0.1) is 0 Å². The number of aliphatic hydroxyl groups excluding tert-OH is 1. The van der Waals surface area contributed by atoms with Gasteiger partial charge >= 0.3 is 0 Å². The number of benzene rings is 1. The largest absolute Gasteiger partial charge is 0.511 e. The molecule has 1 aromatic rings. The van der Waals surface area contributed by atoms with Crippen molar-refractivity contribution in [1.29, 1.82) is 0 Å². The van der Waals surface area contributed by atoms with Crippen LogP contribution in [0.3, 0.4) is 0 Å². The van der Waals surface area contributed by atoms with Crippen LogP contribution in [-0.2, 0) is 4.79 Å². The first kappa shape index (κ1) is 13.5. The number of halogens is 1. The number of thioether (sulfide) groups is 1. The second-order valence-corrected chi connectivity index (χ2v) is 6.79. The molecule has 0 saturated heterocycles. The minimum absolute atomic E-state index is 0.0173. The molecule has 0 spiro atoms. The molecule has 2 nitrogen and oxygen atoms in total. The van der Waals surface area contributed by atoms with Crippen molar-refractivity contribution in [3.05, 3.63) is 40.0 Å². The molecule has 0 bridgehead atoms. The van der Waals surface area contributed by atoms with Crippen LogP contribution in [0, 0.1) is 5.41 Å². The van der Waals surface area contributed by atoms with Gasteiger partial charge in [0.15, 0.2) is 5.78 Å². The van der Waals surface area contributed by atoms with E-state index in [9.17, 15) is 9.90 Å². The molecule has 0 heterocycles. The van der Waals surface area contributed by atoms with Crippen LogP contribution in [-0.4, -0.2) is 10.9 Å². The van der Waals surface area contributed by atoms with Gasteiger partial charge in [-0.05, 0) is 29.7 Å². The van der Waals surface area contributed by atoms with Crippen LogP contribution in [0.15, 0.2) is 39.8 Å². The van der Waals surface area contributed by atoms with Gasteiger partial charge in [-0.25, -0.2) is 0 Å². The zero-order chi connectivity index (χ0) is 13.3. The SMILES string of the molecule is CC1(C)CC(=O)C(Sc2ccc(Cl)cc2)=C(O)C1. The zero-order valence-electron chi connectivity index (χ0n) is 10.4. The lowest BCUT2D eigenvalue weighted by atomic mass is 9.79. The molecule has 0 amide bonds. The van der Waals surface area contributed by atoms with Crippen LogP contribution in [0.4, 0.5) is 0 Å². The molecular formula is C14H15ClO2S. The summed E-state index contributed by atoms with van der Waals surface area (Å²) in [7, 11) is 0. The maximum Gasteiger partial charge on any atom is 0.173 e. The van der Waals surface area contributed by atoms with E-state index in [0.29, 0.717) is 22.8 Å². The van der Waals surface area contributed by atoms with Crippen molar-refractivity contribution in [1.82, 2.24) is 0 Å². The van der Waals surface area contributed by atoms with Crippen LogP contribution in [0.5, 0.6) is 0 Å². The summed E-state index contributed by atoms with van der Waals surface area (Å²) in [6.45, 7) is 3.98. The lowest BCUT2D eigenvalue weighted by molar-refractivity contribution is -0.117. The van der Waals surface area contributed by atoms with E-state index in [4.69, 9.17) is 11.6 Å². The Morgan fingerprint density at radius 2 is 1.83 bits per heavy atom. The summed E-state index contributed by atoms with van der Waals surface area (Å²) in [4.78, 5) is 13.4. The number of carbonyl (C=O) groups excluding carboxylic acids is 1. The molecule has 4 heteroatoms. The number of carbonyl (C=O) groups is 1. The molecule has 1 N–H and O–H groups in total. The Bertz CT molecular complexity index is 503. The topological polar surface area (TPSA) is 37.3 Å². The van der Waals surface area contributed by atoms with E-state index in [1.165, 1.54) is 11.8 Å². The Labute approximate surface area is 116 Å². The Morgan fingerprint density at radius 1 is 1.22 bits per heavy atom. The molecule has 0 unspecified atom stereocenters. The fourth-order valence-electron chi connectivity index (χ4n) is 2.01. The second kappa shape index (κ2) is 4.98. The van der Waals surface area contributed by atoms with E-state index < -0.39 is 0 Å². The fourth-order valence-corrected chi connectivity index (χ4v) is 3.02. The smallest absolute Gasteiger partial charge is 0.173 e. The summed E-state index contributed by atoms with van der Waals surface area (Å²) < 4.78 is 0. The third kappa shape index (κ3) is 3.09. The van der Waals surface area contributed by atoms with Crippen LogP contribution in [0.25, 0.3) is 0 Å². The van der Waals surface area contributed by atoms with Crippen LogP contribution in [0.2, 0.25) is 5.02 Å². The van der Waals surface area contributed by atoms with E-state index in [0.717, 1.165) is 4.90 Å². The average molecular weight is 283 g/mol. The summed E-state index contributed by atoms with van der Waals surface area (Å²) in [5.74, 6) is 0.222. The number of allylic oxidation sites excluding steroid dienone is 2. The lowest BCUT2D eigenvalue weighted by Gasteiger charge is -2.29. The Hall–Kier alpha value is -0.930. The maximum absolute atomic E-state index is 12.0. The molecule has 0 saturated carbocycles. The van der Waals surface area contributed by atoms with Crippen LogP contribution < -0.4 is 0 Å². The highest BCUT2D eigenvalue weighted by Crippen LogP contribution is 2.41. The van der Waals surface area contributed by atoms with Crippen molar-refractivity contribution in [2.75, 3.05) is 0 Å². The van der Waals surface area contributed by atoms with E-state index >= 15 is 0 Å². The van der Waals surface area contributed by atoms with Crippen molar-refractivity contribution in [3.8, 4) is 0 Å². The number of hydrogen-bond donors (Lipinski definition) is 1. The summed E-state index contributed by atoms with van der Waals surface area (Å²) in [5.41, 5.74) is -0.148. The van der Waals surface area contributed by atoms with E-state index in [1.54, 1.807) is 12.1 Å². The quantitative estimate of drug-likeness (QED) is 0.862. The third-order valence-corrected chi connectivity index (χ3v) is 4.26. The molecule has 0 aliphatic heterocycles. The summed E-state index contributed by atoms with van der Waals surface area (Å²) >= 11 is 7.12. The molecule has 1 aliphatic carbocycles. The van der Waals surface area contributed by atoms with Crippen molar-refractivity contribution >= 4 is 29.1 Å². The van der Waals surface area contributed by atoms with Gasteiger partial charge in [-0.3, -0.25) is 4.79 Å². The second-order valence-electron chi connectivity index (χ2n) is 5.27. The lowest BCUT2D eigenvalue weighted by Crippen LogP contribution is -2.24. The van der Waals surface area contributed by atoms with Gasteiger partial charge in [0, 0.05) is 22.8 Å². The monoisotopic (exact) mass is 282 g/mol. The average Bonchev–Trinajstić information content (AvgIpc) is 2.24. The molecule has 1 aromatic carbocycles. The predicted molar refractivity (Wildman–Crippen MR) is 75.0 cm³/mol. The van der Waals surface area contributed by atoms with Gasteiger partial charge < -0.3 is 5.11 Å². The first-order valence-electron chi connectivity index (χ1n) is 5.76. The highest BCUT2D eigenvalue weighted by Gasteiger charge is 2.33. The Morgan fingerprint density at radius 3 is 2.39 bits per heavy atom. The highest BCUT2D eigenvalue weighted by atomic mass is 35.5. The predicted octanol–water partition coefficient (Wildman–Crippen LogP) is 4.59. The van der Waals surface area contributed by atoms with E-state index in [2.05, 4.69) is 0 Å². The van der Waals surface area contributed by atoms with Crippen molar-refractivity contribution in [3.63, 3.8) is 0 Å². The molecule has 18 heavy (non-hydrogen) atoms. The molecular weight excluding hydrogens is 268 g/mol. The Balaban J connectivity index is 2.23. The molecule has 96 valence electrons. The standard InChI is InChI=1S/C14H15ClO2S/c1-14(2)7-11(16)13(12(17)8-14)18-10-5-3-9(15)4-6-10/h3-6,16H,7-8H2,1-2H3. The van der Waals surface area contributed by atoms with Gasteiger partial charge in [-0.1, -0.05) is 37.2 Å². The first-order chi connectivity index (χ1) is 8.37. The number of rotatable bonds is 2. The molecule has 0 atom stereocenters. The normalized spacial score (nSPS) is 19.2. The number of Topliss-reactive ketones (excluding diaryl/α,β-unsaturated/α-hetero) is 1. The number of ketones is 1. The molecule has 1 aliphatic rings.